The van der Waals surface area contributed by atoms with Crippen LogP contribution < -0.4 is 5.73 Å². The van der Waals surface area contributed by atoms with Gasteiger partial charge in [0, 0.05) is 24.3 Å². The second-order valence-electron chi connectivity index (χ2n) is 3.64. The molecule has 1 aromatic heterocycles. The van der Waals surface area contributed by atoms with Crippen molar-refractivity contribution in [3.8, 4) is 0 Å². The van der Waals surface area contributed by atoms with E-state index in [0.29, 0.717) is 5.92 Å². The molecule has 1 fully saturated rings. The van der Waals surface area contributed by atoms with Crippen LogP contribution in [-0.4, -0.2) is 41.5 Å². The quantitative estimate of drug-likeness (QED) is 0.827. The summed E-state index contributed by atoms with van der Waals surface area (Å²) in [6.07, 6.45) is 3.10. The van der Waals surface area contributed by atoms with Crippen molar-refractivity contribution in [2.45, 2.75) is 21.1 Å². The fourth-order valence-corrected chi connectivity index (χ4v) is 4.08. The van der Waals surface area contributed by atoms with Crippen molar-refractivity contribution < 1.29 is 4.74 Å². The lowest BCUT2D eigenvalue weighted by atomic mass is 10.0. The first-order valence-electron chi connectivity index (χ1n) is 5.13. The highest BCUT2D eigenvalue weighted by atomic mass is 32.2. The molecule has 2 rings (SSSR count). The van der Waals surface area contributed by atoms with Gasteiger partial charge < -0.3 is 10.5 Å². The van der Waals surface area contributed by atoms with Crippen LogP contribution in [0.3, 0.4) is 0 Å². The Morgan fingerprint density at radius 2 is 2.38 bits per heavy atom. The maximum absolute atomic E-state index is 6.12. The van der Waals surface area contributed by atoms with Crippen molar-refractivity contribution in [2.24, 2.45) is 11.7 Å². The van der Waals surface area contributed by atoms with Crippen LogP contribution in [-0.2, 0) is 4.74 Å². The molecule has 1 aliphatic rings. The smallest absolute Gasteiger partial charge is 0.175 e. The molecular formula is C9H15N3OS3. The lowest BCUT2D eigenvalue weighted by molar-refractivity contribution is 0.182. The minimum absolute atomic E-state index is 0.203. The maximum atomic E-state index is 6.12. The van der Waals surface area contributed by atoms with E-state index in [1.807, 2.05) is 6.26 Å². The molecule has 7 heteroatoms. The van der Waals surface area contributed by atoms with Gasteiger partial charge in [0.1, 0.15) is 0 Å². The van der Waals surface area contributed by atoms with E-state index >= 15 is 0 Å². The van der Waals surface area contributed by atoms with Crippen molar-refractivity contribution in [3.63, 3.8) is 0 Å². The van der Waals surface area contributed by atoms with E-state index in [1.54, 1.807) is 34.9 Å². The van der Waals surface area contributed by atoms with Crippen LogP contribution in [0.4, 0.5) is 0 Å². The van der Waals surface area contributed by atoms with Gasteiger partial charge in [0.15, 0.2) is 8.68 Å². The Morgan fingerprint density at radius 3 is 3.00 bits per heavy atom. The average Bonchev–Trinajstić information content (AvgIpc) is 2.96. The summed E-state index contributed by atoms with van der Waals surface area (Å²) < 4.78 is 7.36. The summed E-state index contributed by atoms with van der Waals surface area (Å²) in [4.78, 5) is 0. The SMILES string of the molecule is CSc1nnc(SCC(N)C2CCOC2)s1. The molecule has 0 bridgehead atoms. The molecule has 2 N–H and O–H groups in total. The molecule has 2 heterocycles. The molecule has 1 saturated heterocycles. The zero-order chi connectivity index (χ0) is 11.4. The molecule has 90 valence electrons. The molecule has 0 aromatic carbocycles. The zero-order valence-corrected chi connectivity index (χ0v) is 11.5. The van der Waals surface area contributed by atoms with Crippen LogP contribution in [0, 0.1) is 5.92 Å². The largest absolute Gasteiger partial charge is 0.381 e. The van der Waals surface area contributed by atoms with Crippen LogP contribution in [0.2, 0.25) is 0 Å². The molecule has 0 amide bonds. The van der Waals surface area contributed by atoms with E-state index in [4.69, 9.17) is 10.5 Å². The lowest BCUT2D eigenvalue weighted by Crippen LogP contribution is -2.32. The van der Waals surface area contributed by atoms with E-state index in [2.05, 4.69) is 10.2 Å². The molecule has 1 aromatic rings. The number of hydrogen-bond acceptors (Lipinski definition) is 7. The lowest BCUT2D eigenvalue weighted by Gasteiger charge is -2.15. The first-order chi connectivity index (χ1) is 7.79. The zero-order valence-electron chi connectivity index (χ0n) is 9.09. The number of ether oxygens (including phenoxy) is 1. The predicted molar refractivity (Wildman–Crippen MR) is 69.3 cm³/mol. The highest BCUT2D eigenvalue weighted by Crippen LogP contribution is 2.29. The first kappa shape index (κ1) is 12.6. The molecular weight excluding hydrogens is 262 g/mol. The van der Waals surface area contributed by atoms with E-state index in [9.17, 15) is 0 Å². The third kappa shape index (κ3) is 3.33. The summed E-state index contributed by atoms with van der Waals surface area (Å²) in [5.74, 6) is 1.41. The molecule has 0 saturated carbocycles. The molecule has 16 heavy (non-hydrogen) atoms. The molecule has 4 nitrogen and oxygen atoms in total. The second kappa shape index (κ2) is 6.20. The summed E-state index contributed by atoms with van der Waals surface area (Å²) in [7, 11) is 0. The monoisotopic (exact) mass is 277 g/mol. The Kier molecular flexibility index (Phi) is 4.90. The number of hydrogen-bond donors (Lipinski definition) is 1. The second-order valence-corrected chi connectivity index (χ2v) is 6.93. The topological polar surface area (TPSA) is 61.0 Å². The molecule has 0 radical (unpaired) electrons. The van der Waals surface area contributed by atoms with E-state index < -0.39 is 0 Å². The Bertz CT molecular complexity index is 328. The Labute approximate surface area is 108 Å². The first-order valence-corrected chi connectivity index (χ1v) is 8.16. The average molecular weight is 277 g/mol. The van der Waals surface area contributed by atoms with Crippen LogP contribution in [0.15, 0.2) is 8.68 Å². The van der Waals surface area contributed by atoms with Gasteiger partial charge in [-0.1, -0.05) is 34.9 Å². The Hall–Kier alpha value is 0.180. The normalized spacial score (nSPS) is 22.5. The Morgan fingerprint density at radius 1 is 1.56 bits per heavy atom. The highest BCUT2D eigenvalue weighted by molar-refractivity contribution is 8.03. The number of nitrogens with two attached hydrogens (primary N) is 1. The number of nitrogens with zero attached hydrogens (tertiary/aromatic N) is 2. The summed E-state index contributed by atoms with van der Waals surface area (Å²) in [6, 6.07) is 0.203. The summed E-state index contributed by atoms with van der Waals surface area (Å²) >= 11 is 4.97. The van der Waals surface area contributed by atoms with Gasteiger partial charge in [-0.2, -0.15) is 0 Å². The highest BCUT2D eigenvalue weighted by Gasteiger charge is 2.23. The van der Waals surface area contributed by atoms with Crippen LogP contribution >= 0.6 is 34.9 Å². The standard InChI is InChI=1S/C9H15N3OS3/c1-14-8-11-12-9(16-8)15-5-7(10)6-2-3-13-4-6/h6-7H,2-5,10H2,1H3. The van der Waals surface area contributed by atoms with Crippen molar-refractivity contribution in [2.75, 3.05) is 25.2 Å². The van der Waals surface area contributed by atoms with Crippen LogP contribution in [0.25, 0.3) is 0 Å². The third-order valence-corrected chi connectivity index (χ3v) is 5.71. The van der Waals surface area contributed by atoms with Crippen molar-refractivity contribution in [1.29, 1.82) is 0 Å². The fraction of sp³-hybridized carbons (Fsp3) is 0.778. The third-order valence-electron chi connectivity index (χ3n) is 2.53. The predicted octanol–water partition coefficient (Wildman–Crippen LogP) is 1.72. The molecule has 1 aliphatic heterocycles. The van der Waals surface area contributed by atoms with Gasteiger partial charge in [0.25, 0.3) is 0 Å². The van der Waals surface area contributed by atoms with E-state index in [-0.39, 0.29) is 6.04 Å². The summed E-state index contributed by atoms with van der Waals surface area (Å²) in [5, 5.41) is 8.16. The minimum atomic E-state index is 0.203. The summed E-state index contributed by atoms with van der Waals surface area (Å²) in [5.41, 5.74) is 6.12. The van der Waals surface area contributed by atoms with Crippen molar-refractivity contribution in [1.82, 2.24) is 10.2 Å². The van der Waals surface area contributed by atoms with Gasteiger partial charge in [-0.15, -0.1) is 10.2 Å². The number of aromatic nitrogens is 2. The van der Waals surface area contributed by atoms with Gasteiger partial charge in [-0.05, 0) is 12.7 Å². The van der Waals surface area contributed by atoms with Crippen molar-refractivity contribution >= 4 is 34.9 Å². The minimum Gasteiger partial charge on any atom is -0.381 e. The molecule has 2 atom stereocenters. The van der Waals surface area contributed by atoms with Gasteiger partial charge in [0.05, 0.1) is 6.61 Å². The molecule has 0 spiro atoms. The Balaban J connectivity index is 1.77. The van der Waals surface area contributed by atoms with Crippen LogP contribution in [0.5, 0.6) is 0 Å². The molecule has 0 aliphatic carbocycles. The van der Waals surface area contributed by atoms with Gasteiger partial charge in [0.2, 0.25) is 0 Å². The number of rotatable bonds is 5. The van der Waals surface area contributed by atoms with Gasteiger partial charge in [-0.25, -0.2) is 0 Å². The molecule has 2 unspecified atom stereocenters. The maximum Gasteiger partial charge on any atom is 0.175 e. The van der Waals surface area contributed by atoms with E-state index in [0.717, 1.165) is 34.1 Å². The number of thioether (sulfide) groups is 2. The van der Waals surface area contributed by atoms with Gasteiger partial charge in [-0.3, -0.25) is 0 Å². The van der Waals surface area contributed by atoms with E-state index in [1.165, 1.54) is 0 Å². The van der Waals surface area contributed by atoms with Gasteiger partial charge >= 0.3 is 0 Å². The van der Waals surface area contributed by atoms with Crippen LogP contribution in [0.1, 0.15) is 6.42 Å². The summed E-state index contributed by atoms with van der Waals surface area (Å²) in [6.45, 7) is 1.67. The van der Waals surface area contributed by atoms with Crippen molar-refractivity contribution in [3.05, 3.63) is 0 Å². The fourth-order valence-electron chi connectivity index (χ4n) is 1.53.